The van der Waals surface area contributed by atoms with Crippen molar-refractivity contribution in [3.8, 4) is 5.88 Å². The molecule has 144 valence electrons. The van der Waals surface area contributed by atoms with Gasteiger partial charge in [-0.15, -0.1) is 0 Å². The van der Waals surface area contributed by atoms with Crippen molar-refractivity contribution in [2.75, 3.05) is 5.32 Å². The van der Waals surface area contributed by atoms with E-state index in [4.69, 9.17) is 4.99 Å². The Balaban J connectivity index is 1.79. The zero-order chi connectivity index (χ0) is 19.3. The number of aromatic nitrogens is 1. The molecule has 0 spiro atoms. The molecule has 2 heterocycles. The van der Waals surface area contributed by atoms with Crippen LogP contribution in [0.15, 0.2) is 34.1 Å². The van der Waals surface area contributed by atoms with Crippen LogP contribution in [-0.2, 0) is 11.3 Å². The second-order valence-electron chi connectivity index (χ2n) is 7.86. The van der Waals surface area contributed by atoms with Gasteiger partial charge in [0.05, 0.1) is 11.4 Å². The summed E-state index contributed by atoms with van der Waals surface area (Å²) in [4.78, 5) is 28.7. The fourth-order valence-corrected chi connectivity index (χ4v) is 4.81. The molecule has 28 heavy (non-hydrogen) atoms. The van der Waals surface area contributed by atoms with Gasteiger partial charge in [0, 0.05) is 46.2 Å². The number of unbranched alkanes of at least 4 members (excludes halogenated alkanes) is 1. The maximum absolute atomic E-state index is 13.1. The molecule has 2 N–H and O–H groups in total. The Morgan fingerprint density at radius 3 is 2.82 bits per heavy atom. The third-order valence-electron chi connectivity index (χ3n) is 6.19. The molecule has 0 amide bonds. The Kier molecular flexibility index (Phi) is 4.07. The van der Waals surface area contributed by atoms with Gasteiger partial charge < -0.3 is 15.2 Å². The average molecular weight is 377 g/mol. The Labute approximate surface area is 161 Å². The molecule has 5 rings (SSSR count). The molecular weight excluding hydrogens is 354 g/mol. The number of aldehydes is 1. The molecule has 1 fully saturated rings. The van der Waals surface area contributed by atoms with Crippen LogP contribution < -0.4 is 16.2 Å². The predicted octanol–water partition coefficient (Wildman–Crippen LogP) is 2.91. The summed E-state index contributed by atoms with van der Waals surface area (Å²) >= 11 is 0. The number of benzene rings is 2. The molecule has 6 nitrogen and oxygen atoms in total. The standard InChI is InChI=1S/C22H23N3O3/c26-12-4-3-11-25-21(27)13-7-9-17-20-18(10-8-14(19(13)20)22(25)28)24-16-6-2-1-5-15(16)23-17/h7-10,12,15-16,23,28H,1-6,11H2. The van der Waals surface area contributed by atoms with Crippen molar-refractivity contribution in [2.45, 2.75) is 57.2 Å². The predicted molar refractivity (Wildman–Crippen MR) is 109 cm³/mol. The van der Waals surface area contributed by atoms with E-state index < -0.39 is 0 Å². The second-order valence-corrected chi connectivity index (χ2v) is 7.86. The largest absolute Gasteiger partial charge is 0.494 e. The lowest BCUT2D eigenvalue weighted by atomic mass is 9.91. The fourth-order valence-electron chi connectivity index (χ4n) is 4.81. The number of fused-ring (bicyclic) bond motifs is 1. The van der Waals surface area contributed by atoms with Gasteiger partial charge in [0.1, 0.15) is 6.29 Å². The van der Waals surface area contributed by atoms with Crippen LogP contribution in [0.5, 0.6) is 5.88 Å². The zero-order valence-electron chi connectivity index (χ0n) is 15.6. The topological polar surface area (TPSA) is 83.7 Å². The smallest absolute Gasteiger partial charge is 0.261 e. The lowest BCUT2D eigenvalue weighted by molar-refractivity contribution is -0.107. The monoisotopic (exact) mass is 377 g/mol. The molecule has 1 aromatic heterocycles. The number of anilines is 1. The molecular formula is C22H23N3O3. The Bertz CT molecular complexity index is 1200. The first-order valence-corrected chi connectivity index (χ1v) is 10.1. The molecule has 6 heteroatoms. The van der Waals surface area contributed by atoms with E-state index in [0.29, 0.717) is 36.2 Å². The Morgan fingerprint density at radius 2 is 1.96 bits per heavy atom. The van der Waals surface area contributed by atoms with Gasteiger partial charge in [0.2, 0.25) is 5.88 Å². The molecule has 1 aliphatic carbocycles. The van der Waals surface area contributed by atoms with Crippen LogP contribution in [0.2, 0.25) is 0 Å². The van der Waals surface area contributed by atoms with Crippen molar-refractivity contribution >= 4 is 33.5 Å². The number of rotatable bonds is 4. The molecule has 2 aliphatic rings. The van der Waals surface area contributed by atoms with Crippen LogP contribution in [0.1, 0.15) is 38.5 Å². The second kappa shape index (κ2) is 6.62. The summed E-state index contributed by atoms with van der Waals surface area (Å²) < 4.78 is 1.38. The minimum atomic E-state index is -0.221. The quantitative estimate of drug-likeness (QED) is 0.541. The van der Waals surface area contributed by atoms with E-state index in [-0.39, 0.29) is 17.5 Å². The number of pyridine rings is 1. The van der Waals surface area contributed by atoms with Crippen LogP contribution in [0, 0.1) is 0 Å². The summed E-state index contributed by atoms with van der Waals surface area (Å²) in [6.45, 7) is 0.320. The van der Waals surface area contributed by atoms with Gasteiger partial charge in [0.25, 0.3) is 5.56 Å². The first-order chi connectivity index (χ1) is 13.7. The van der Waals surface area contributed by atoms with Crippen LogP contribution >= 0.6 is 0 Å². The Morgan fingerprint density at radius 1 is 1.14 bits per heavy atom. The number of carbonyl (C=O) groups is 1. The van der Waals surface area contributed by atoms with E-state index in [0.717, 1.165) is 40.9 Å². The molecule has 2 atom stereocenters. The first kappa shape index (κ1) is 17.2. The third-order valence-corrected chi connectivity index (χ3v) is 6.19. The molecule has 1 aliphatic heterocycles. The van der Waals surface area contributed by atoms with E-state index in [1.807, 2.05) is 24.3 Å². The SMILES string of the molecule is O=CCCCn1c(O)c2ccc3c4c(ccc(c1=O)c24)NC1CCCCC1N=3. The van der Waals surface area contributed by atoms with Crippen molar-refractivity contribution in [3.63, 3.8) is 0 Å². The maximum Gasteiger partial charge on any atom is 0.261 e. The number of hydrogen-bond donors (Lipinski definition) is 2. The highest BCUT2D eigenvalue weighted by atomic mass is 16.3. The average Bonchev–Trinajstić information content (AvgIpc) is 2.87. The Hall–Kier alpha value is -2.89. The minimum absolute atomic E-state index is 0.0336. The fraction of sp³-hybridized carbons (Fsp3) is 0.409. The highest BCUT2D eigenvalue weighted by molar-refractivity contribution is 6.15. The minimum Gasteiger partial charge on any atom is -0.494 e. The van der Waals surface area contributed by atoms with Crippen molar-refractivity contribution in [1.29, 1.82) is 0 Å². The highest BCUT2D eigenvalue weighted by Crippen LogP contribution is 2.36. The summed E-state index contributed by atoms with van der Waals surface area (Å²) in [6.07, 6.45) is 6.28. The van der Waals surface area contributed by atoms with Gasteiger partial charge in [-0.25, -0.2) is 0 Å². The van der Waals surface area contributed by atoms with Gasteiger partial charge in [0.15, 0.2) is 0 Å². The summed E-state index contributed by atoms with van der Waals surface area (Å²) in [5.41, 5.74) is 0.769. The van der Waals surface area contributed by atoms with Gasteiger partial charge in [-0.3, -0.25) is 14.4 Å². The van der Waals surface area contributed by atoms with Crippen molar-refractivity contribution in [3.05, 3.63) is 40.0 Å². The summed E-state index contributed by atoms with van der Waals surface area (Å²) in [5.74, 6) is -0.0336. The van der Waals surface area contributed by atoms with Gasteiger partial charge in [-0.1, -0.05) is 12.8 Å². The maximum atomic E-state index is 13.1. The molecule has 2 unspecified atom stereocenters. The number of nitrogens with zero attached hydrogens (tertiary/aromatic N) is 2. The molecule has 1 saturated carbocycles. The van der Waals surface area contributed by atoms with Crippen molar-refractivity contribution in [1.82, 2.24) is 4.57 Å². The first-order valence-electron chi connectivity index (χ1n) is 10.1. The molecule has 0 saturated heterocycles. The van der Waals surface area contributed by atoms with E-state index in [2.05, 4.69) is 5.32 Å². The van der Waals surface area contributed by atoms with Crippen molar-refractivity contribution < 1.29 is 9.90 Å². The van der Waals surface area contributed by atoms with Gasteiger partial charge in [-0.2, -0.15) is 0 Å². The normalized spacial score (nSPS) is 21.0. The van der Waals surface area contributed by atoms with E-state index in [9.17, 15) is 14.7 Å². The number of nitrogens with one attached hydrogen (secondary N) is 1. The summed E-state index contributed by atoms with van der Waals surface area (Å²) in [5, 5.41) is 18.3. The molecule has 0 radical (unpaired) electrons. The number of carbonyl (C=O) groups excluding carboxylic acids is 1. The van der Waals surface area contributed by atoms with Gasteiger partial charge in [-0.05, 0) is 43.5 Å². The number of hydrogen-bond acceptors (Lipinski definition) is 5. The number of aromatic hydroxyl groups is 1. The van der Waals surface area contributed by atoms with Crippen LogP contribution in [0.3, 0.4) is 0 Å². The lowest BCUT2D eigenvalue weighted by Crippen LogP contribution is -2.35. The van der Waals surface area contributed by atoms with Crippen LogP contribution in [0.25, 0.3) is 21.5 Å². The lowest BCUT2D eigenvalue weighted by Gasteiger charge is -2.29. The molecule has 2 aromatic carbocycles. The van der Waals surface area contributed by atoms with E-state index in [1.54, 1.807) is 0 Å². The summed E-state index contributed by atoms with van der Waals surface area (Å²) in [6, 6.07) is 8.21. The van der Waals surface area contributed by atoms with E-state index >= 15 is 0 Å². The molecule has 0 bridgehead atoms. The molecule has 3 aromatic rings. The van der Waals surface area contributed by atoms with Gasteiger partial charge >= 0.3 is 0 Å². The van der Waals surface area contributed by atoms with Crippen molar-refractivity contribution in [2.24, 2.45) is 4.99 Å². The zero-order valence-corrected chi connectivity index (χ0v) is 15.6. The van der Waals surface area contributed by atoms with Crippen LogP contribution in [0.4, 0.5) is 5.69 Å². The third kappa shape index (κ3) is 2.51. The van der Waals surface area contributed by atoms with Crippen LogP contribution in [-0.4, -0.2) is 28.0 Å². The van der Waals surface area contributed by atoms with E-state index in [1.165, 1.54) is 17.4 Å². The highest BCUT2D eigenvalue weighted by Gasteiger charge is 2.28. The summed E-state index contributed by atoms with van der Waals surface area (Å²) in [7, 11) is 0.